The van der Waals surface area contributed by atoms with Crippen LogP contribution in [0, 0.1) is 0 Å². The van der Waals surface area contributed by atoms with Gasteiger partial charge in [-0.05, 0) is 6.07 Å². The molecule has 86 valence electrons. The standard InChI is InChI=1S/C10H12N2O4/c1-12-6-7(2-4-9(12)14)11-8(13)3-5-10(15)16/h2,4,6H,3,5H2,1H3,(H,11,13)(H,15,16). The number of rotatable bonds is 4. The van der Waals surface area contributed by atoms with Crippen molar-refractivity contribution >= 4 is 17.6 Å². The number of carboxylic acids is 1. The minimum Gasteiger partial charge on any atom is -0.481 e. The number of hydrogen-bond acceptors (Lipinski definition) is 3. The largest absolute Gasteiger partial charge is 0.481 e. The molecule has 0 aliphatic rings. The molecule has 6 heteroatoms. The van der Waals surface area contributed by atoms with E-state index < -0.39 is 5.97 Å². The predicted octanol–water partition coefficient (Wildman–Crippen LogP) is 0.189. The van der Waals surface area contributed by atoms with Gasteiger partial charge in [-0.3, -0.25) is 14.4 Å². The number of nitrogens with one attached hydrogen (secondary N) is 1. The Hall–Kier alpha value is -2.11. The molecule has 0 atom stereocenters. The van der Waals surface area contributed by atoms with Gasteiger partial charge in [0.25, 0.3) is 0 Å². The van der Waals surface area contributed by atoms with E-state index in [0.29, 0.717) is 5.69 Å². The van der Waals surface area contributed by atoms with Crippen molar-refractivity contribution in [3.05, 3.63) is 28.7 Å². The van der Waals surface area contributed by atoms with Crippen LogP contribution in [-0.4, -0.2) is 21.6 Å². The predicted molar refractivity (Wildman–Crippen MR) is 57.2 cm³/mol. The summed E-state index contributed by atoms with van der Waals surface area (Å²) in [6.45, 7) is 0. The van der Waals surface area contributed by atoms with E-state index in [4.69, 9.17) is 5.11 Å². The van der Waals surface area contributed by atoms with E-state index >= 15 is 0 Å². The Kier molecular flexibility index (Phi) is 3.82. The van der Waals surface area contributed by atoms with Crippen LogP contribution in [0.5, 0.6) is 0 Å². The second-order valence-electron chi connectivity index (χ2n) is 3.31. The zero-order valence-corrected chi connectivity index (χ0v) is 8.77. The number of amides is 1. The van der Waals surface area contributed by atoms with Crippen molar-refractivity contribution in [3.8, 4) is 0 Å². The number of anilines is 1. The summed E-state index contributed by atoms with van der Waals surface area (Å²) in [7, 11) is 1.56. The summed E-state index contributed by atoms with van der Waals surface area (Å²) < 4.78 is 1.33. The second-order valence-corrected chi connectivity index (χ2v) is 3.31. The van der Waals surface area contributed by atoms with Crippen LogP contribution in [0.2, 0.25) is 0 Å². The van der Waals surface area contributed by atoms with Crippen molar-refractivity contribution in [2.24, 2.45) is 7.05 Å². The van der Waals surface area contributed by atoms with E-state index in [0.717, 1.165) is 0 Å². The Bertz CT molecular complexity index is 464. The molecule has 16 heavy (non-hydrogen) atoms. The van der Waals surface area contributed by atoms with Crippen molar-refractivity contribution in [2.45, 2.75) is 12.8 Å². The van der Waals surface area contributed by atoms with E-state index in [1.807, 2.05) is 0 Å². The van der Waals surface area contributed by atoms with Crippen molar-refractivity contribution in [3.63, 3.8) is 0 Å². The highest BCUT2D eigenvalue weighted by molar-refractivity contribution is 5.92. The lowest BCUT2D eigenvalue weighted by Gasteiger charge is -2.05. The number of aryl methyl sites for hydroxylation is 1. The zero-order chi connectivity index (χ0) is 12.1. The minimum atomic E-state index is -1.02. The Labute approximate surface area is 91.5 Å². The van der Waals surface area contributed by atoms with Gasteiger partial charge in [0.05, 0.1) is 12.1 Å². The lowest BCUT2D eigenvalue weighted by molar-refractivity contribution is -0.138. The maximum atomic E-state index is 11.3. The van der Waals surface area contributed by atoms with Crippen LogP contribution >= 0.6 is 0 Å². The molecule has 0 unspecified atom stereocenters. The lowest BCUT2D eigenvalue weighted by atomic mass is 10.3. The lowest BCUT2D eigenvalue weighted by Crippen LogP contribution is -2.18. The van der Waals surface area contributed by atoms with Crippen molar-refractivity contribution in [2.75, 3.05) is 5.32 Å². The third-order valence-electron chi connectivity index (χ3n) is 1.94. The molecule has 6 nitrogen and oxygen atoms in total. The molecule has 0 spiro atoms. The molecule has 1 rings (SSSR count). The fraction of sp³-hybridized carbons (Fsp3) is 0.300. The number of aliphatic carboxylic acids is 1. The summed E-state index contributed by atoms with van der Waals surface area (Å²) in [6.07, 6.45) is 1.18. The normalized spacial score (nSPS) is 9.81. The average Bonchev–Trinajstić information content (AvgIpc) is 2.21. The third kappa shape index (κ3) is 3.56. The van der Waals surface area contributed by atoms with Gasteiger partial charge in [0.2, 0.25) is 11.5 Å². The molecule has 1 amide bonds. The first-order valence-electron chi connectivity index (χ1n) is 4.67. The van der Waals surface area contributed by atoms with Gasteiger partial charge in [-0.2, -0.15) is 0 Å². The molecular weight excluding hydrogens is 212 g/mol. The first kappa shape index (κ1) is 12.0. The van der Waals surface area contributed by atoms with Crippen LogP contribution in [0.15, 0.2) is 23.1 Å². The van der Waals surface area contributed by atoms with Gasteiger partial charge in [-0.25, -0.2) is 0 Å². The van der Waals surface area contributed by atoms with Crippen LogP contribution in [0.3, 0.4) is 0 Å². The molecule has 0 bridgehead atoms. The zero-order valence-electron chi connectivity index (χ0n) is 8.77. The van der Waals surface area contributed by atoms with Crippen molar-refractivity contribution < 1.29 is 14.7 Å². The minimum absolute atomic E-state index is 0.0851. The summed E-state index contributed by atoms with van der Waals surface area (Å²) in [6, 6.07) is 2.80. The average molecular weight is 224 g/mol. The number of aromatic nitrogens is 1. The van der Waals surface area contributed by atoms with Crippen LogP contribution in [0.1, 0.15) is 12.8 Å². The van der Waals surface area contributed by atoms with Gasteiger partial charge < -0.3 is 15.0 Å². The molecular formula is C10H12N2O4. The molecule has 0 aliphatic heterocycles. The van der Waals surface area contributed by atoms with E-state index in [9.17, 15) is 14.4 Å². The number of carbonyl (C=O) groups is 2. The topological polar surface area (TPSA) is 88.4 Å². The fourth-order valence-corrected chi connectivity index (χ4v) is 1.11. The first-order chi connectivity index (χ1) is 7.49. The molecule has 0 aromatic carbocycles. The summed E-state index contributed by atoms with van der Waals surface area (Å²) in [5.74, 6) is -1.41. The number of hydrogen-bond donors (Lipinski definition) is 2. The van der Waals surface area contributed by atoms with Gasteiger partial charge in [-0.15, -0.1) is 0 Å². The quantitative estimate of drug-likeness (QED) is 0.764. The molecule has 1 aromatic rings. The highest BCUT2D eigenvalue weighted by Gasteiger charge is 2.05. The smallest absolute Gasteiger partial charge is 0.303 e. The Morgan fingerprint density at radius 3 is 2.62 bits per heavy atom. The SMILES string of the molecule is Cn1cc(NC(=O)CCC(=O)O)ccc1=O. The molecule has 1 heterocycles. The highest BCUT2D eigenvalue weighted by Crippen LogP contribution is 2.03. The summed E-state index contributed by atoms with van der Waals surface area (Å²) in [4.78, 5) is 32.5. The van der Waals surface area contributed by atoms with Crippen LogP contribution < -0.4 is 10.9 Å². The molecule has 0 saturated carbocycles. The third-order valence-corrected chi connectivity index (χ3v) is 1.94. The molecule has 2 N–H and O–H groups in total. The van der Waals surface area contributed by atoms with E-state index in [1.165, 1.54) is 22.9 Å². The molecule has 1 aromatic heterocycles. The van der Waals surface area contributed by atoms with Gasteiger partial charge in [0.15, 0.2) is 0 Å². The Morgan fingerprint density at radius 1 is 1.38 bits per heavy atom. The fourth-order valence-electron chi connectivity index (χ4n) is 1.11. The summed E-state index contributed by atoms with van der Waals surface area (Å²) >= 11 is 0. The first-order valence-corrected chi connectivity index (χ1v) is 4.67. The maximum Gasteiger partial charge on any atom is 0.303 e. The summed E-state index contributed by atoms with van der Waals surface area (Å²) in [5.41, 5.74) is 0.293. The maximum absolute atomic E-state index is 11.3. The van der Waals surface area contributed by atoms with Gasteiger partial charge in [-0.1, -0.05) is 0 Å². The molecule has 0 fully saturated rings. The van der Waals surface area contributed by atoms with Crippen LogP contribution in [0.25, 0.3) is 0 Å². The van der Waals surface area contributed by atoms with Gasteiger partial charge in [0.1, 0.15) is 0 Å². The summed E-state index contributed by atoms with van der Waals surface area (Å²) in [5, 5.41) is 10.9. The number of pyridine rings is 1. The Balaban J connectivity index is 2.59. The monoisotopic (exact) mass is 224 g/mol. The van der Waals surface area contributed by atoms with Crippen LogP contribution in [0.4, 0.5) is 5.69 Å². The molecule has 0 aliphatic carbocycles. The van der Waals surface area contributed by atoms with Crippen molar-refractivity contribution in [1.29, 1.82) is 0 Å². The number of carbonyl (C=O) groups excluding carboxylic acids is 1. The molecule has 0 saturated heterocycles. The molecule has 0 radical (unpaired) electrons. The van der Waals surface area contributed by atoms with Crippen LogP contribution in [-0.2, 0) is 16.6 Å². The van der Waals surface area contributed by atoms with Gasteiger partial charge >= 0.3 is 5.97 Å². The van der Waals surface area contributed by atoms with Crippen molar-refractivity contribution in [1.82, 2.24) is 4.57 Å². The highest BCUT2D eigenvalue weighted by atomic mass is 16.4. The number of carboxylic acid groups (broad SMARTS) is 1. The van der Waals surface area contributed by atoms with Gasteiger partial charge in [0, 0.05) is 25.7 Å². The second kappa shape index (κ2) is 5.11. The van der Waals surface area contributed by atoms with E-state index in [2.05, 4.69) is 5.32 Å². The van der Waals surface area contributed by atoms with E-state index in [1.54, 1.807) is 7.05 Å². The Morgan fingerprint density at radius 2 is 2.06 bits per heavy atom. The number of nitrogens with zero attached hydrogens (tertiary/aromatic N) is 1. The van der Waals surface area contributed by atoms with E-state index in [-0.39, 0.29) is 24.3 Å².